The topological polar surface area (TPSA) is 59.8 Å². The number of thiophene rings is 1. The van der Waals surface area contributed by atoms with Crippen LogP contribution in [0.25, 0.3) is 10.6 Å². The fourth-order valence-electron chi connectivity index (χ4n) is 2.11. The van der Waals surface area contributed by atoms with Crippen LogP contribution in [-0.2, 0) is 6.54 Å². The average molecular weight is 332 g/mol. The van der Waals surface area contributed by atoms with Gasteiger partial charge in [-0.15, -0.1) is 22.7 Å². The van der Waals surface area contributed by atoms with Crippen LogP contribution in [0.15, 0.2) is 29.0 Å². The molecule has 22 heavy (non-hydrogen) atoms. The summed E-state index contributed by atoms with van der Waals surface area (Å²) in [5, 5.41) is 12.2. The molecule has 0 radical (unpaired) electrons. The van der Waals surface area contributed by atoms with E-state index in [1.54, 1.807) is 16.7 Å². The molecule has 7 heteroatoms. The van der Waals surface area contributed by atoms with Crippen LogP contribution in [0.4, 0.5) is 0 Å². The fraction of sp³-hybridized carbons (Fsp3) is 0.267. The molecule has 3 aromatic heterocycles. The summed E-state index contributed by atoms with van der Waals surface area (Å²) in [6, 6.07) is 6.14. The third kappa shape index (κ3) is 3.26. The molecule has 0 aliphatic heterocycles. The van der Waals surface area contributed by atoms with Gasteiger partial charge in [0, 0.05) is 17.6 Å². The van der Waals surface area contributed by atoms with Gasteiger partial charge < -0.3 is 5.32 Å². The summed E-state index contributed by atoms with van der Waals surface area (Å²) in [6.45, 7) is 5.09. The van der Waals surface area contributed by atoms with Crippen molar-refractivity contribution in [2.24, 2.45) is 0 Å². The lowest BCUT2D eigenvalue weighted by Crippen LogP contribution is -2.28. The Hall–Kier alpha value is -1.99. The van der Waals surface area contributed by atoms with Gasteiger partial charge in [-0.2, -0.15) is 5.10 Å². The van der Waals surface area contributed by atoms with Crippen LogP contribution in [0.1, 0.15) is 21.2 Å². The maximum atomic E-state index is 11.9. The van der Waals surface area contributed by atoms with Crippen LogP contribution in [0.2, 0.25) is 0 Å². The Bertz CT molecular complexity index is 773. The first-order valence-electron chi connectivity index (χ1n) is 6.92. The highest BCUT2D eigenvalue weighted by molar-refractivity contribution is 7.13. The molecule has 0 spiro atoms. The molecular formula is C15H16N4OS2. The molecule has 0 saturated carbocycles. The maximum Gasteiger partial charge on any atom is 0.270 e. The second-order valence-electron chi connectivity index (χ2n) is 4.88. The highest BCUT2D eigenvalue weighted by Crippen LogP contribution is 2.23. The van der Waals surface area contributed by atoms with E-state index >= 15 is 0 Å². The first kappa shape index (κ1) is 14.9. The first-order chi connectivity index (χ1) is 10.6. The Kier molecular flexibility index (Phi) is 4.35. The van der Waals surface area contributed by atoms with Gasteiger partial charge in [0.15, 0.2) is 0 Å². The summed E-state index contributed by atoms with van der Waals surface area (Å²) < 4.78 is 1.92. The molecular weight excluding hydrogens is 316 g/mol. The zero-order chi connectivity index (χ0) is 15.5. The fourth-order valence-corrected chi connectivity index (χ4v) is 3.39. The SMILES string of the molecule is Cc1nc(C(=O)NCCn2nc(-c3cccs3)cc2C)cs1. The van der Waals surface area contributed by atoms with Crippen molar-refractivity contribution in [3.8, 4) is 10.6 Å². The summed E-state index contributed by atoms with van der Waals surface area (Å²) in [5.41, 5.74) is 2.55. The van der Waals surface area contributed by atoms with E-state index in [-0.39, 0.29) is 5.91 Å². The molecule has 0 saturated heterocycles. The minimum absolute atomic E-state index is 0.132. The Balaban J connectivity index is 1.59. The lowest BCUT2D eigenvalue weighted by Gasteiger charge is -2.05. The number of aromatic nitrogens is 3. The second-order valence-corrected chi connectivity index (χ2v) is 6.89. The number of carbonyl (C=O) groups is 1. The Labute approximate surface area is 136 Å². The normalized spacial score (nSPS) is 10.8. The van der Waals surface area contributed by atoms with Gasteiger partial charge in [-0.25, -0.2) is 4.98 Å². The van der Waals surface area contributed by atoms with E-state index in [4.69, 9.17) is 0 Å². The maximum absolute atomic E-state index is 11.9. The van der Waals surface area contributed by atoms with Crippen LogP contribution in [0.5, 0.6) is 0 Å². The summed E-state index contributed by atoms with van der Waals surface area (Å²) in [7, 11) is 0. The van der Waals surface area contributed by atoms with E-state index in [1.165, 1.54) is 11.3 Å². The van der Waals surface area contributed by atoms with Gasteiger partial charge >= 0.3 is 0 Å². The molecule has 0 aromatic carbocycles. The van der Waals surface area contributed by atoms with Gasteiger partial charge in [-0.1, -0.05) is 6.07 Å². The smallest absolute Gasteiger partial charge is 0.270 e. The third-order valence-corrected chi connectivity index (χ3v) is 4.88. The van der Waals surface area contributed by atoms with E-state index in [2.05, 4.69) is 27.5 Å². The van der Waals surface area contributed by atoms with E-state index in [0.29, 0.717) is 18.8 Å². The number of thiazole rings is 1. The molecule has 3 rings (SSSR count). The second kappa shape index (κ2) is 6.41. The number of carbonyl (C=O) groups excluding carboxylic acids is 1. The zero-order valence-corrected chi connectivity index (χ0v) is 14.0. The van der Waals surface area contributed by atoms with Crippen LogP contribution < -0.4 is 5.32 Å². The van der Waals surface area contributed by atoms with Gasteiger partial charge in [-0.3, -0.25) is 9.48 Å². The number of rotatable bonds is 5. The Morgan fingerprint density at radius 2 is 2.23 bits per heavy atom. The number of aryl methyl sites for hydroxylation is 2. The van der Waals surface area contributed by atoms with Crippen molar-refractivity contribution in [3.05, 3.63) is 45.4 Å². The predicted octanol–water partition coefficient (Wildman–Crippen LogP) is 3.11. The molecule has 3 heterocycles. The molecule has 0 aliphatic carbocycles. The van der Waals surface area contributed by atoms with Crippen LogP contribution in [-0.4, -0.2) is 27.2 Å². The number of nitrogens with zero attached hydrogens (tertiary/aromatic N) is 3. The largest absolute Gasteiger partial charge is 0.349 e. The van der Waals surface area contributed by atoms with Gasteiger partial charge in [0.25, 0.3) is 5.91 Å². The van der Waals surface area contributed by atoms with Crippen molar-refractivity contribution in [1.82, 2.24) is 20.1 Å². The molecule has 0 bridgehead atoms. The monoisotopic (exact) mass is 332 g/mol. The first-order valence-corrected chi connectivity index (χ1v) is 8.68. The molecule has 1 amide bonds. The highest BCUT2D eigenvalue weighted by Gasteiger charge is 2.10. The summed E-state index contributed by atoms with van der Waals surface area (Å²) in [5.74, 6) is -0.132. The molecule has 0 aliphatic rings. The number of hydrogen-bond acceptors (Lipinski definition) is 5. The van der Waals surface area contributed by atoms with Crippen LogP contribution >= 0.6 is 22.7 Å². The average Bonchev–Trinajstić information content (AvgIpc) is 3.20. The Morgan fingerprint density at radius 3 is 2.91 bits per heavy atom. The number of nitrogens with one attached hydrogen (secondary N) is 1. The molecule has 0 atom stereocenters. The standard InChI is InChI=1S/C15H16N4OS2/c1-10-8-12(14-4-3-7-21-14)18-19(10)6-5-16-15(20)13-9-22-11(2)17-13/h3-4,7-9H,5-6H2,1-2H3,(H,16,20). The van der Waals surface area contributed by atoms with E-state index in [0.717, 1.165) is 21.3 Å². The number of hydrogen-bond donors (Lipinski definition) is 1. The van der Waals surface area contributed by atoms with E-state index in [1.807, 2.05) is 30.0 Å². The van der Waals surface area contributed by atoms with Crippen molar-refractivity contribution in [2.45, 2.75) is 20.4 Å². The molecule has 0 unspecified atom stereocenters. The minimum atomic E-state index is -0.132. The quantitative estimate of drug-likeness (QED) is 0.781. The highest BCUT2D eigenvalue weighted by atomic mass is 32.1. The van der Waals surface area contributed by atoms with Crippen LogP contribution in [0, 0.1) is 13.8 Å². The summed E-state index contributed by atoms with van der Waals surface area (Å²) in [6.07, 6.45) is 0. The molecule has 0 fully saturated rings. The predicted molar refractivity (Wildman–Crippen MR) is 89.5 cm³/mol. The molecule has 3 aromatic rings. The summed E-state index contributed by atoms with van der Waals surface area (Å²) in [4.78, 5) is 17.3. The van der Waals surface area contributed by atoms with Crippen molar-refractivity contribution >= 4 is 28.6 Å². The lowest BCUT2D eigenvalue weighted by molar-refractivity contribution is 0.0947. The number of amides is 1. The van der Waals surface area contributed by atoms with E-state index in [9.17, 15) is 4.79 Å². The zero-order valence-electron chi connectivity index (χ0n) is 12.4. The Morgan fingerprint density at radius 1 is 1.36 bits per heavy atom. The molecule has 5 nitrogen and oxygen atoms in total. The van der Waals surface area contributed by atoms with Crippen molar-refractivity contribution in [2.75, 3.05) is 6.54 Å². The van der Waals surface area contributed by atoms with Gasteiger partial charge in [0.1, 0.15) is 11.4 Å². The van der Waals surface area contributed by atoms with E-state index < -0.39 is 0 Å². The lowest BCUT2D eigenvalue weighted by atomic mass is 10.3. The van der Waals surface area contributed by atoms with Gasteiger partial charge in [-0.05, 0) is 31.4 Å². The van der Waals surface area contributed by atoms with Gasteiger partial charge in [0.05, 0.1) is 16.4 Å². The molecule has 1 N–H and O–H groups in total. The minimum Gasteiger partial charge on any atom is -0.349 e. The van der Waals surface area contributed by atoms with Crippen LogP contribution in [0.3, 0.4) is 0 Å². The molecule has 114 valence electrons. The van der Waals surface area contributed by atoms with Crippen molar-refractivity contribution in [1.29, 1.82) is 0 Å². The third-order valence-electron chi connectivity index (χ3n) is 3.22. The van der Waals surface area contributed by atoms with Crippen molar-refractivity contribution < 1.29 is 4.79 Å². The van der Waals surface area contributed by atoms with Crippen molar-refractivity contribution in [3.63, 3.8) is 0 Å². The van der Waals surface area contributed by atoms with Gasteiger partial charge in [0.2, 0.25) is 0 Å². The summed E-state index contributed by atoms with van der Waals surface area (Å²) >= 11 is 3.15.